The number of phenolic OH excluding ortho intramolecular Hbond substituents is 2. The van der Waals surface area contributed by atoms with Gasteiger partial charge in [-0.05, 0) is 42.8 Å². The standard InChI is InChI=1S/C22H19BrN2O4/c1-14-3-2-4-15(7-14)13-29-21-6-5-18(23)8-17(21)12-24-25-22(28)16-9-19(26)11-20(27)10-16/h2-12,26-27H,13H2,1H3,(H,25,28)/b24-12-. The highest BCUT2D eigenvalue weighted by atomic mass is 79.9. The Morgan fingerprint density at radius 3 is 2.59 bits per heavy atom. The predicted octanol–water partition coefficient (Wildman–Crippen LogP) is 4.51. The highest BCUT2D eigenvalue weighted by molar-refractivity contribution is 9.10. The summed E-state index contributed by atoms with van der Waals surface area (Å²) < 4.78 is 6.75. The lowest BCUT2D eigenvalue weighted by Crippen LogP contribution is -2.17. The van der Waals surface area contributed by atoms with E-state index in [4.69, 9.17) is 4.74 Å². The molecule has 0 saturated heterocycles. The number of phenols is 2. The lowest BCUT2D eigenvalue weighted by Gasteiger charge is -2.10. The van der Waals surface area contributed by atoms with Crippen LogP contribution in [0.2, 0.25) is 0 Å². The van der Waals surface area contributed by atoms with Crippen molar-refractivity contribution in [3.8, 4) is 17.2 Å². The van der Waals surface area contributed by atoms with Crippen LogP contribution in [0.5, 0.6) is 17.2 Å². The van der Waals surface area contributed by atoms with Crippen LogP contribution in [-0.4, -0.2) is 22.3 Å². The van der Waals surface area contributed by atoms with Gasteiger partial charge in [-0.3, -0.25) is 4.79 Å². The SMILES string of the molecule is Cc1cccc(COc2ccc(Br)cc2/C=N\NC(=O)c2cc(O)cc(O)c2)c1. The molecule has 0 atom stereocenters. The Morgan fingerprint density at radius 1 is 1.10 bits per heavy atom. The van der Waals surface area contributed by atoms with Crippen molar-refractivity contribution in [2.24, 2.45) is 5.10 Å². The van der Waals surface area contributed by atoms with E-state index in [1.54, 1.807) is 0 Å². The minimum atomic E-state index is -0.565. The van der Waals surface area contributed by atoms with Gasteiger partial charge in [0.25, 0.3) is 5.91 Å². The topological polar surface area (TPSA) is 91.2 Å². The van der Waals surface area contributed by atoms with Gasteiger partial charge in [-0.1, -0.05) is 45.8 Å². The fraction of sp³-hybridized carbons (Fsp3) is 0.0909. The second kappa shape index (κ2) is 9.25. The molecule has 0 spiro atoms. The van der Waals surface area contributed by atoms with E-state index in [0.29, 0.717) is 17.9 Å². The molecule has 0 aromatic heterocycles. The highest BCUT2D eigenvalue weighted by Gasteiger charge is 2.08. The highest BCUT2D eigenvalue weighted by Crippen LogP contribution is 2.23. The normalized spacial score (nSPS) is 10.8. The molecule has 0 fully saturated rings. The van der Waals surface area contributed by atoms with Crippen molar-refractivity contribution in [3.05, 3.63) is 87.4 Å². The quantitative estimate of drug-likeness (QED) is 0.377. The van der Waals surface area contributed by atoms with Crippen molar-refractivity contribution >= 4 is 28.1 Å². The molecule has 3 rings (SSSR count). The molecule has 6 nitrogen and oxygen atoms in total. The lowest BCUT2D eigenvalue weighted by atomic mass is 10.1. The molecule has 0 unspecified atom stereocenters. The molecule has 0 aliphatic carbocycles. The number of amides is 1. The maximum atomic E-state index is 12.1. The summed E-state index contributed by atoms with van der Waals surface area (Å²) in [7, 11) is 0. The fourth-order valence-electron chi connectivity index (χ4n) is 2.67. The largest absolute Gasteiger partial charge is 0.508 e. The van der Waals surface area contributed by atoms with Crippen molar-refractivity contribution in [3.63, 3.8) is 0 Å². The first kappa shape index (κ1) is 20.4. The van der Waals surface area contributed by atoms with E-state index < -0.39 is 5.91 Å². The summed E-state index contributed by atoms with van der Waals surface area (Å²) in [4.78, 5) is 12.1. The van der Waals surface area contributed by atoms with Crippen LogP contribution in [0.25, 0.3) is 0 Å². The van der Waals surface area contributed by atoms with Gasteiger partial charge in [-0.2, -0.15) is 5.10 Å². The fourth-order valence-corrected chi connectivity index (χ4v) is 3.04. The molecule has 148 valence electrons. The Kier molecular flexibility index (Phi) is 6.51. The number of carbonyl (C=O) groups is 1. The lowest BCUT2D eigenvalue weighted by molar-refractivity contribution is 0.0954. The average molecular weight is 455 g/mol. The number of hydrogen-bond donors (Lipinski definition) is 3. The zero-order valence-electron chi connectivity index (χ0n) is 15.6. The summed E-state index contributed by atoms with van der Waals surface area (Å²) in [5, 5.41) is 22.9. The molecule has 0 heterocycles. The molecule has 3 aromatic carbocycles. The first-order chi connectivity index (χ1) is 13.9. The van der Waals surface area contributed by atoms with Gasteiger partial charge in [0, 0.05) is 21.7 Å². The number of benzene rings is 3. The van der Waals surface area contributed by atoms with E-state index in [0.717, 1.165) is 21.7 Å². The zero-order chi connectivity index (χ0) is 20.8. The van der Waals surface area contributed by atoms with Gasteiger partial charge >= 0.3 is 0 Å². The monoisotopic (exact) mass is 454 g/mol. The summed E-state index contributed by atoms with van der Waals surface area (Å²) >= 11 is 3.42. The van der Waals surface area contributed by atoms with E-state index in [2.05, 4.69) is 32.5 Å². The van der Waals surface area contributed by atoms with Crippen LogP contribution in [0.15, 0.2) is 70.2 Å². The number of halogens is 1. The molecule has 0 bridgehead atoms. The molecular formula is C22H19BrN2O4. The first-order valence-electron chi connectivity index (χ1n) is 8.75. The number of nitrogens with zero attached hydrogens (tertiary/aromatic N) is 1. The molecular weight excluding hydrogens is 436 g/mol. The third-order valence-electron chi connectivity index (χ3n) is 3.98. The summed E-state index contributed by atoms with van der Waals surface area (Å²) in [5.41, 5.74) is 5.33. The number of nitrogens with one attached hydrogen (secondary N) is 1. The number of hydrazone groups is 1. The van der Waals surface area contributed by atoms with Crippen molar-refractivity contribution in [1.82, 2.24) is 5.43 Å². The molecule has 7 heteroatoms. The van der Waals surface area contributed by atoms with Gasteiger partial charge in [0.1, 0.15) is 23.9 Å². The van der Waals surface area contributed by atoms with Crippen molar-refractivity contribution in [2.75, 3.05) is 0 Å². The van der Waals surface area contributed by atoms with Crippen LogP contribution in [0.1, 0.15) is 27.0 Å². The molecule has 0 saturated carbocycles. The molecule has 0 radical (unpaired) electrons. The Balaban J connectivity index is 1.71. The number of aryl methyl sites for hydroxylation is 1. The third-order valence-corrected chi connectivity index (χ3v) is 4.48. The van der Waals surface area contributed by atoms with E-state index >= 15 is 0 Å². The Labute approximate surface area is 176 Å². The van der Waals surface area contributed by atoms with Gasteiger partial charge in [-0.15, -0.1) is 0 Å². The van der Waals surface area contributed by atoms with Gasteiger partial charge in [0.15, 0.2) is 0 Å². The Bertz CT molecular complexity index is 1050. The summed E-state index contributed by atoms with van der Waals surface area (Å²) in [6, 6.07) is 17.2. The van der Waals surface area contributed by atoms with Gasteiger partial charge in [0.2, 0.25) is 0 Å². The van der Waals surface area contributed by atoms with E-state index in [-0.39, 0.29) is 17.1 Å². The van der Waals surface area contributed by atoms with Crippen LogP contribution < -0.4 is 10.2 Å². The molecule has 3 aromatic rings. The van der Waals surface area contributed by atoms with Crippen molar-refractivity contribution < 1.29 is 19.7 Å². The minimum absolute atomic E-state index is 0.0878. The number of carbonyl (C=O) groups excluding carboxylic acids is 1. The van der Waals surface area contributed by atoms with Crippen LogP contribution in [-0.2, 0) is 6.61 Å². The van der Waals surface area contributed by atoms with Crippen molar-refractivity contribution in [2.45, 2.75) is 13.5 Å². The van der Waals surface area contributed by atoms with Crippen LogP contribution >= 0.6 is 15.9 Å². The molecule has 0 aliphatic heterocycles. The van der Waals surface area contributed by atoms with Gasteiger partial charge in [-0.25, -0.2) is 5.43 Å². The average Bonchev–Trinajstić information content (AvgIpc) is 2.66. The predicted molar refractivity (Wildman–Crippen MR) is 114 cm³/mol. The number of aromatic hydroxyl groups is 2. The summed E-state index contributed by atoms with van der Waals surface area (Å²) in [6.07, 6.45) is 1.47. The second-order valence-electron chi connectivity index (χ2n) is 6.40. The van der Waals surface area contributed by atoms with Crippen LogP contribution in [0.3, 0.4) is 0 Å². The Morgan fingerprint density at radius 2 is 1.86 bits per heavy atom. The molecule has 29 heavy (non-hydrogen) atoms. The first-order valence-corrected chi connectivity index (χ1v) is 9.54. The van der Waals surface area contributed by atoms with E-state index in [1.165, 1.54) is 18.3 Å². The van der Waals surface area contributed by atoms with Crippen LogP contribution in [0.4, 0.5) is 0 Å². The molecule has 1 amide bonds. The second-order valence-corrected chi connectivity index (χ2v) is 7.31. The summed E-state index contributed by atoms with van der Waals surface area (Å²) in [6.45, 7) is 2.43. The number of hydrogen-bond acceptors (Lipinski definition) is 5. The Hall–Kier alpha value is -3.32. The number of ether oxygens (including phenoxy) is 1. The molecule has 0 aliphatic rings. The maximum absolute atomic E-state index is 12.1. The van der Waals surface area contributed by atoms with E-state index in [1.807, 2.05) is 43.3 Å². The van der Waals surface area contributed by atoms with Gasteiger partial charge < -0.3 is 14.9 Å². The number of rotatable bonds is 6. The third kappa shape index (κ3) is 5.83. The van der Waals surface area contributed by atoms with Gasteiger partial charge in [0.05, 0.1) is 6.21 Å². The summed E-state index contributed by atoms with van der Waals surface area (Å²) in [5.74, 6) is -0.372. The maximum Gasteiger partial charge on any atom is 0.271 e. The smallest absolute Gasteiger partial charge is 0.271 e. The molecule has 3 N–H and O–H groups in total. The van der Waals surface area contributed by atoms with E-state index in [9.17, 15) is 15.0 Å². The zero-order valence-corrected chi connectivity index (χ0v) is 17.2. The minimum Gasteiger partial charge on any atom is -0.508 e. The van der Waals surface area contributed by atoms with Crippen LogP contribution in [0, 0.1) is 6.92 Å². The van der Waals surface area contributed by atoms with Crippen molar-refractivity contribution in [1.29, 1.82) is 0 Å².